The highest BCUT2D eigenvalue weighted by atomic mass is 79.9. The number of halogens is 1. The summed E-state index contributed by atoms with van der Waals surface area (Å²) < 4.78 is 1.07. The van der Waals surface area contributed by atoms with Crippen molar-refractivity contribution < 1.29 is 4.79 Å². The fourth-order valence-electron chi connectivity index (χ4n) is 1.87. The van der Waals surface area contributed by atoms with Crippen molar-refractivity contribution in [2.75, 3.05) is 12.8 Å². The van der Waals surface area contributed by atoms with E-state index in [1.807, 2.05) is 36.6 Å². The first-order valence-corrected chi connectivity index (χ1v) is 7.49. The number of amides is 1. The van der Waals surface area contributed by atoms with Crippen LogP contribution in [0, 0.1) is 6.92 Å². The molecular weight excluding hydrogens is 324 g/mol. The van der Waals surface area contributed by atoms with Gasteiger partial charge in [0.25, 0.3) is 5.91 Å². The van der Waals surface area contributed by atoms with E-state index >= 15 is 0 Å². The molecule has 1 aromatic heterocycles. The highest BCUT2D eigenvalue weighted by Gasteiger charge is 2.15. The number of hydrogen-bond acceptors (Lipinski definition) is 3. The fourth-order valence-corrected chi connectivity index (χ4v) is 3.07. The largest absolute Gasteiger partial charge is 0.398 e. The lowest BCUT2D eigenvalue weighted by Gasteiger charge is -2.18. The monoisotopic (exact) mass is 338 g/mol. The third-order valence-electron chi connectivity index (χ3n) is 2.99. The zero-order valence-corrected chi connectivity index (χ0v) is 13.2. The topological polar surface area (TPSA) is 46.3 Å². The molecule has 3 nitrogen and oxygen atoms in total. The predicted octanol–water partition coefficient (Wildman–Crippen LogP) is 3.67. The maximum Gasteiger partial charge on any atom is 0.254 e. The molecule has 0 unspecified atom stereocenters. The Bertz CT molecular complexity index is 609. The van der Waals surface area contributed by atoms with Crippen LogP contribution in [0.25, 0.3) is 0 Å². The molecule has 1 amide bonds. The van der Waals surface area contributed by atoms with Gasteiger partial charge in [0.15, 0.2) is 0 Å². The molecule has 2 N–H and O–H groups in total. The van der Waals surface area contributed by atoms with Crippen molar-refractivity contribution in [3.63, 3.8) is 0 Å². The summed E-state index contributed by atoms with van der Waals surface area (Å²) in [5, 5.41) is 2.04. The van der Waals surface area contributed by atoms with Gasteiger partial charge in [0.1, 0.15) is 0 Å². The van der Waals surface area contributed by atoms with Gasteiger partial charge in [0.05, 0.1) is 3.79 Å². The lowest BCUT2D eigenvalue weighted by atomic mass is 10.1. The number of carbonyl (C=O) groups excluding carboxylic acids is 1. The van der Waals surface area contributed by atoms with Crippen molar-refractivity contribution in [1.82, 2.24) is 4.90 Å². The molecule has 0 aliphatic rings. The molecule has 0 fully saturated rings. The number of nitrogen functional groups attached to an aromatic ring is 1. The molecule has 5 heteroatoms. The SMILES string of the molecule is Cc1c(N)cccc1C(=O)N(C)Cc1csc(Br)c1. The van der Waals surface area contributed by atoms with Gasteiger partial charge in [-0.1, -0.05) is 6.07 Å². The average molecular weight is 339 g/mol. The molecule has 0 aliphatic heterocycles. The minimum Gasteiger partial charge on any atom is -0.398 e. The molecule has 100 valence electrons. The summed E-state index contributed by atoms with van der Waals surface area (Å²) in [6.07, 6.45) is 0. The number of hydrogen-bond donors (Lipinski definition) is 1. The zero-order valence-electron chi connectivity index (χ0n) is 10.8. The fraction of sp³-hybridized carbons (Fsp3) is 0.214. The highest BCUT2D eigenvalue weighted by molar-refractivity contribution is 9.11. The molecular formula is C14H15BrN2OS. The molecule has 0 saturated carbocycles. The molecule has 0 radical (unpaired) electrons. The second-order valence-electron chi connectivity index (χ2n) is 4.44. The summed E-state index contributed by atoms with van der Waals surface area (Å²) in [6.45, 7) is 2.47. The maximum absolute atomic E-state index is 12.4. The Morgan fingerprint density at radius 1 is 1.47 bits per heavy atom. The van der Waals surface area contributed by atoms with Crippen LogP contribution < -0.4 is 5.73 Å². The van der Waals surface area contributed by atoms with E-state index in [0.717, 1.165) is 14.9 Å². The summed E-state index contributed by atoms with van der Waals surface area (Å²) in [4.78, 5) is 14.1. The quantitative estimate of drug-likeness (QED) is 0.868. The van der Waals surface area contributed by atoms with Crippen LogP contribution in [0.2, 0.25) is 0 Å². The summed E-state index contributed by atoms with van der Waals surface area (Å²) in [7, 11) is 1.80. The number of anilines is 1. The lowest BCUT2D eigenvalue weighted by molar-refractivity contribution is 0.0784. The summed E-state index contributed by atoms with van der Waals surface area (Å²) in [5.41, 5.74) is 9.11. The van der Waals surface area contributed by atoms with Crippen LogP contribution in [0.5, 0.6) is 0 Å². The molecule has 19 heavy (non-hydrogen) atoms. The normalized spacial score (nSPS) is 10.5. The molecule has 1 aromatic carbocycles. The summed E-state index contributed by atoms with van der Waals surface area (Å²) in [5.74, 6) is -0.00729. The van der Waals surface area contributed by atoms with E-state index in [1.54, 1.807) is 23.3 Å². The molecule has 2 aromatic rings. The standard InChI is InChI=1S/C14H15BrN2OS/c1-9-11(4-3-5-12(9)16)14(18)17(2)7-10-6-13(15)19-8-10/h3-6,8H,7,16H2,1-2H3. The van der Waals surface area contributed by atoms with Gasteiger partial charge in [-0.3, -0.25) is 4.79 Å². The molecule has 0 spiro atoms. The van der Waals surface area contributed by atoms with E-state index in [9.17, 15) is 4.79 Å². The predicted molar refractivity (Wildman–Crippen MR) is 83.4 cm³/mol. The molecule has 1 heterocycles. The number of benzene rings is 1. The van der Waals surface area contributed by atoms with Gasteiger partial charge in [0, 0.05) is 24.8 Å². The van der Waals surface area contributed by atoms with Crippen molar-refractivity contribution in [2.24, 2.45) is 0 Å². The number of nitrogens with two attached hydrogens (primary N) is 1. The second-order valence-corrected chi connectivity index (χ2v) is 6.73. The molecule has 0 saturated heterocycles. The first-order valence-electron chi connectivity index (χ1n) is 5.82. The molecule has 0 atom stereocenters. The van der Waals surface area contributed by atoms with Crippen LogP contribution in [-0.4, -0.2) is 17.9 Å². The Labute approximate surface area is 125 Å². The van der Waals surface area contributed by atoms with Gasteiger partial charge < -0.3 is 10.6 Å². The van der Waals surface area contributed by atoms with Crippen molar-refractivity contribution in [3.05, 3.63) is 50.1 Å². The van der Waals surface area contributed by atoms with Crippen LogP contribution in [0.15, 0.2) is 33.4 Å². The highest BCUT2D eigenvalue weighted by Crippen LogP contribution is 2.23. The number of carbonyl (C=O) groups is 1. The lowest BCUT2D eigenvalue weighted by Crippen LogP contribution is -2.26. The Kier molecular flexibility index (Phi) is 4.27. The van der Waals surface area contributed by atoms with E-state index in [0.29, 0.717) is 17.8 Å². The van der Waals surface area contributed by atoms with Crippen molar-refractivity contribution in [3.8, 4) is 0 Å². The van der Waals surface area contributed by atoms with E-state index in [1.165, 1.54) is 0 Å². The van der Waals surface area contributed by atoms with Gasteiger partial charge in [-0.05, 0) is 57.6 Å². The summed E-state index contributed by atoms with van der Waals surface area (Å²) >= 11 is 5.04. The van der Waals surface area contributed by atoms with E-state index in [4.69, 9.17) is 5.73 Å². The first-order chi connectivity index (χ1) is 8.99. The maximum atomic E-state index is 12.4. The van der Waals surface area contributed by atoms with Gasteiger partial charge in [-0.15, -0.1) is 11.3 Å². The van der Waals surface area contributed by atoms with E-state index in [2.05, 4.69) is 15.9 Å². The Morgan fingerprint density at radius 2 is 2.21 bits per heavy atom. The van der Waals surface area contributed by atoms with Crippen LogP contribution in [0.3, 0.4) is 0 Å². The minimum absolute atomic E-state index is 0.00729. The first kappa shape index (κ1) is 14.1. The van der Waals surface area contributed by atoms with E-state index in [-0.39, 0.29) is 5.91 Å². The number of thiophene rings is 1. The molecule has 2 rings (SSSR count). The smallest absolute Gasteiger partial charge is 0.254 e. The Balaban J connectivity index is 2.17. The van der Waals surface area contributed by atoms with Crippen LogP contribution in [0.1, 0.15) is 21.5 Å². The third kappa shape index (κ3) is 3.16. The van der Waals surface area contributed by atoms with Crippen molar-refractivity contribution in [2.45, 2.75) is 13.5 Å². The van der Waals surface area contributed by atoms with Crippen molar-refractivity contribution >= 4 is 38.9 Å². The Morgan fingerprint density at radius 3 is 2.84 bits per heavy atom. The molecule has 0 aliphatic carbocycles. The van der Waals surface area contributed by atoms with Gasteiger partial charge in [-0.2, -0.15) is 0 Å². The zero-order chi connectivity index (χ0) is 14.0. The number of nitrogens with zero attached hydrogens (tertiary/aromatic N) is 1. The molecule has 0 bridgehead atoms. The third-order valence-corrected chi connectivity index (χ3v) is 4.55. The summed E-state index contributed by atoms with van der Waals surface area (Å²) in [6, 6.07) is 7.46. The minimum atomic E-state index is -0.00729. The van der Waals surface area contributed by atoms with Gasteiger partial charge in [0.2, 0.25) is 0 Å². The van der Waals surface area contributed by atoms with E-state index < -0.39 is 0 Å². The van der Waals surface area contributed by atoms with Gasteiger partial charge >= 0.3 is 0 Å². The van der Waals surface area contributed by atoms with Gasteiger partial charge in [-0.25, -0.2) is 0 Å². The average Bonchev–Trinajstić information content (AvgIpc) is 2.77. The van der Waals surface area contributed by atoms with Crippen LogP contribution in [-0.2, 0) is 6.54 Å². The number of rotatable bonds is 3. The second kappa shape index (κ2) is 5.75. The van der Waals surface area contributed by atoms with Crippen LogP contribution in [0.4, 0.5) is 5.69 Å². The Hall–Kier alpha value is -1.33. The van der Waals surface area contributed by atoms with Crippen molar-refractivity contribution in [1.29, 1.82) is 0 Å². The van der Waals surface area contributed by atoms with Crippen LogP contribution >= 0.6 is 27.3 Å².